The first kappa shape index (κ1) is 23.2. The number of carbonyl (C=O) groups excluding carboxylic acids is 2. The molecule has 0 radical (unpaired) electrons. The lowest BCUT2D eigenvalue weighted by atomic mass is 10.1. The molecule has 0 aliphatic carbocycles. The zero-order valence-electron chi connectivity index (χ0n) is 20.0. The van der Waals surface area contributed by atoms with Gasteiger partial charge in [-0.15, -0.1) is 0 Å². The quantitative estimate of drug-likeness (QED) is 0.480. The van der Waals surface area contributed by atoms with Gasteiger partial charge in [0.15, 0.2) is 0 Å². The maximum absolute atomic E-state index is 12.8. The fourth-order valence-electron chi connectivity index (χ4n) is 3.93. The number of nitrogens with one attached hydrogen (secondary N) is 3. The second-order valence-corrected chi connectivity index (χ2v) is 8.61. The Bertz CT molecular complexity index is 1210. The lowest BCUT2D eigenvalue weighted by molar-refractivity contribution is -0.122. The number of aryl methyl sites for hydroxylation is 3. The third kappa shape index (κ3) is 5.33. The van der Waals surface area contributed by atoms with Gasteiger partial charge in [0.1, 0.15) is 5.82 Å². The number of carbonyl (C=O) groups is 2. The monoisotopic (exact) mass is 458 g/mol. The van der Waals surface area contributed by atoms with Crippen LogP contribution in [0.1, 0.15) is 30.2 Å². The first-order valence-corrected chi connectivity index (χ1v) is 11.5. The zero-order chi connectivity index (χ0) is 24.2. The molecule has 8 nitrogen and oxygen atoms in total. The minimum atomic E-state index is -0.389. The molecule has 1 fully saturated rings. The van der Waals surface area contributed by atoms with E-state index in [-0.39, 0.29) is 24.2 Å². The lowest BCUT2D eigenvalue weighted by Gasteiger charge is -2.18. The van der Waals surface area contributed by atoms with Crippen LogP contribution in [0.15, 0.2) is 48.5 Å². The maximum Gasteiger partial charge on any atom is 0.229 e. The Kier molecular flexibility index (Phi) is 6.77. The minimum absolute atomic E-state index is 0.0278. The zero-order valence-corrected chi connectivity index (χ0v) is 20.0. The Balaban J connectivity index is 1.37. The van der Waals surface area contributed by atoms with Crippen molar-refractivity contribution < 1.29 is 9.59 Å². The van der Waals surface area contributed by atoms with E-state index in [4.69, 9.17) is 0 Å². The van der Waals surface area contributed by atoms with E-state index in [1.54, 1.807) is 4.90 Å². The highest BCUT2D eigenvalue weighted by atomic mass is 16.2. The van der Waals surface area contributed by atoms with Crippen LogP contribution in [0.4, 0.5) is 28.8 Å². The normalized spacial score (nSPS) is 15.4. The molecule has 0 saturated carbocycles. The molecule has 0 spiro atoms. The molecule has 8 heteroatoms. The summed E-state index contributed by atoms with van der Waals surface area (Å²) in [7, 11) is 0. The summed E-state index contributed by atoms with van der Waals surface area (Å²) >= 11 is 0. The van der Waals surface area contributed by atoms with E-state index in [9.17, 15) is 9.59 Å². The Morgan fingerprint density at radius 1 is 1.00 bits per heavy atom. The van der Waals surface area contributed by atoms with E-state index in [1.165, 1.54) is 5.56 Å². The van der Waals surface area contributed by atoms with Gasteiger partial charge in [-0.05, 0) is 75.2 Å². The maximum atomic E-state index is 12.8. The van der Waals surface area contributed by atoms with Crippen LogP contribution in [0.2, 0.25) is 0 Å². The molecule has 0 bridgehead atoms. The molecule has 176 valence electrons. The molecule has 1 aliphatic heterocycles. The molecule has 2 amide bonds. The van der Waals surface area contributed by atoms with Gasteiger partial charge in [-0.1, -0.05) is 6.07 Å². The van der Waals surface area contributed by atoms with Gasteiger partial charge in [0.25, 0.3) is 0 Å². The number of amides is 2. The average molecular weight is 459 g/mol. The Hall–Kier alpha value is -3.94. The largest absolute Gasteiger partial charge is 0.354 e. The molecule has 1 aromatic heterocycles. The highest BCUT2D eigenvalue weighted by Gasteiger charge is 2.35. The topological polar surface area (TPSA) is 99.2 Å². The molecule has 1 saturated heterocycles. The van der Waals surface area contributed by atoms with Gasteiger partial charge in [-0.2, -0.15) is 4.98 Å². The Labute approximate surface area is 199 Å². The van der Waals surface area contributed by atoms with Crippen molar-refractivity contribution in [2.75, 3.05) is 33.9 Å². The smallest absolute Gasteiger partial charge is 0.229 e. The van der Waals surface area contributed by atoms with E-state index >= 15 is 0 Å². The van der Waals surface area contributed by atoms with Crippen molar-refractivity contribution in [2.24, 2.45) is 5.92 Å². The number of aromatic nitrogens is 2. The number of anilines is 5. The van der Waals surface area contributed by atoms with Crippen LogP contribution in [0.3, 0.4) is 0 Å². The molecule has 1 aliphatic rings. The van der Waals surface area contributed by atoms with Gasteiger partial charge < -0.3 is 20.9 Å². The summed E-state index contributed by atoms with van der Waals surface area (Å²) in [5, 5.41) is 9.32. The summed E-state index contributed by atoms with van der Waals surface area (Å²) in [5.41, 5.74) is 5.53. The summed E-state index contributed by atoms with van der Waals surface area (Å²) in [6, 6.07) is 15.2. The average Bonchev–Trinajstić information content (AvgIpc) is 3.19. The molecule has 1 atom stereocenters. The van der Waals surface area contributed by atoms with Gasteiger partial charge in [-0.25, -0.2) is 4.98 Å². The van der Waals surface area contributed by atoms with Crippen molar-refractivity contribution in [1.29, 1.82) is 0 Å². The predicted octanol–water partition coefficient (Wildman–Crippen LogP) is 4.57. The number of hydrogen-bond acceptors (Lipinski definition) is 6. The molecule has 3 aromatic rings. The van der Waals surface area contributed by atoms with E-state index in [1.807, 2.05) is 76.2 Å². The van der Waals surface area contributed by atoms with Crippen LogP contribution in [0.5, 0.6) is 0 Å². The third-order valence-corrected chi connectivity index (χ3v) is 5.91. The van der Waals surface area contributed by atoms with Crippen molar-refractivity contribution in [3.63, 3.8) is 0 Å². The van der Waals surface area contributed by atoms with Crippen LogP contribution in [-0.2, 0) is 9.59 Å². The van der Waals surface area contributed by atoms with Gasteiger partial charge in [-0.3, -0.25) is 9.59 Å². The van der Waals surface area contributed by atoms with Crippen molar-refractivity contribution in [1.82, 2.24) is 9.97 Å². The van der Waals surface area contributed by atoms with E-state index in [0.717, 1.165) is 29.2 Å². The number of rotatable bonds is 7. The molecule has 2 heterocycles. The molecular formula is C26H30N6O2. The van der Waals surface area contributed by atoms with Crippen LogP contribution in [0.25, 0.3) is 0 Å². The van der Waals surface area contributed by atoms with Crippen LogP contribution >= 0.6 is 0 Å². The number of benzene rings is 2. The van der Waals surface area contributed by atoms with Crippen LogP contribution in [0, 0.1) is 26.7 Å². The van der Waals surface area contributed by atoms with Crippen molar-refractivity contribution in [2.45, 2.75) is 34.1 Å². The van der Waals surface area contributed by atoms with Gasteiger partial charge in [0.2, 0.25) is 17.8 Å². The summed E-state index contributed by atoms with van der Waals surface area (Å²) in [4.78, 5) is 35.9. The molecule has 34 heavy (non-hydrogen) atoms. The molecule has 3 N–H and O–H groups in total. The first-order valence-electron chi connectivity index (χ1n) is 11.5. The van der Waals surface area contributed by atoms with E-state index < -0.39 is 0 Å². The summed E-state index contributed by atoms with van der Waals surface area (Å²) in [6.45, 7) is 9.10. The highest BCUT2D eigenvalue weighted by Crippen LogP contribution is 2.28. The minimum Gasteiger partial charge on any atom is -0.354 e. The lowest BCUT2D eigenvalue weighted by Crippen LogP contribution is -2.28. The van der Waals surface area contributed by atoms with Crippen LogP contribution in [-0.4, -0.2) is 34.9 Å². The van der Waals surface area contributed by atoms with Gasteiger partial charge >= 0.3 is 0 Å². The van der Waals surface area contributed by atoms with Crippen molar-refractivity contribution >= 4 is 40.6 Å². The van der Waals surface area contributed by atoms with Crippen molar-refractivity contribution in [3.8, 4) is 0 Å². The Morgan fingerprint density at radius 2 is 1.74 bits per heavy atom. The fourth-order valence-corrected chi connectivity index (χ4v) is 3.93. The summed E-state index contributed by atoms with van der Waals surface area (Å²) in [5.74, 6) is 0.702. The van der Waals surface area contributed by atoms with E-state index in [0.29, 0.717) is 24.0 Å². The molecule has 4 rings (SSSR count). The SMILES string of the molecule is CCNc1nc(C)cc(Nc2ccc(NC(=O)C3CC(=O)N(c4ccc(C)c(C)c4)C3)cc2)n1. The van der Waals surface area contributed by atoms with E-state index in [2.05, 4.69) is 25.9 Å². The standard InChI is InChI=1S/C26H30N6O2/c1-5-27-26-28-18(4)13-23(31-26)29-20-7-9-21(10-8-20)30-25(34)19-14-24(33)32(15-19)22-11-6-16(2)17(3)12-22/h6-13,19H,5,14-15H2,1-4H3,(H,30,34)(H2,27,28,29,31). The second-order valence-electron chi connectivity index (χ2n) is 8.61. The second kappa shape index (κ2) is 9.91. The van der Waals surface area contributed by atoms with Crippen LogP contribution < -0.4 is 20.9 Å². The predicted molar refractivity (Wildman–Crippen MR) is 136 cm³/mol. The van der Waals surface area contributed by atoms with Gasteiger partial charge in [0, 0.05) is 48.3 Å². The summed E-state index contributed by atoms with van der Waals surface area (Å²) < 4.78 is 0. The molecule has 1 unspecified atom stereocenters. The fraction of sp³-hybridized carbons (Fsp3) is 0.308. The number of nitrogens with zero attached hydrogens (tertiary/aromatic N) is 3. The highest BCUT2D eigenvalue weighted by molar-refractivity contribution is 6.03. The van der Waals surface area contributed by atoms with Gasteiger partial charge in [0.05, 0.1) is 5.92 Å². The molecular weight excluding hydrogens is 428 g/mol. The molecule has 2 aromatic carbocycles. The third-order valence-electron chi connectivity index (χ3n) is 5.91. The first-order chi connectivity index (χ1) is 16.3. The Morgan fingerprint density at radius 3 is 2.44 bits per heavy atom. The summed E-state index contributed by atoms with van der Waals surface area (Å²) in [6.07, 6.45) is 0.208. The number of hydrogen-bond donors (Lipinski definition) is 3. The van der Waals surface area contributed by atoms with Crippen molar-refractivity contribution in [3.05, 3.63) is 65.4 Å².